The van der Waals surface area contributed by atoms with E-state index in [9.17, 15) is 9.90 Å². The fraction of sp³-hybridized carbons (Fsp3) is 0.474. The first-order valence-corrected chi connectivity index (χ1v) is 8.55. The van der Waals surface area contributed by atoms with E-state index < -0.39 is 6.10 Å². The van der Waals surface area contributed by atoms with Crippen molar-refractivity contribution in [2.75, 3.05) is 13.2 Å². The summed E-state index contributed by atoms with van der Waals surface area (Å²) in [4.78, 5) is 17.5. The number of hydrogen-bond donors (Lipinski definition) is 2. The minimum absolute atomic E-state index is 0.169. The molecule has 4 atom stereocenters. The molecule has 0 spiro atoms. The van der Waals surface area contributed by atoms with E-state index in [4.69, 9.17) is 9.47 Å². The monoisotopic (exact) mass is 342 g/mol. The van der Waals surface area contributed by atoms with Gasteiger partial charge >= 0.3 is 0 Å². The molecule has 132 valence electrons. The van der Waals surface area contributed by atoms with Crippen LogP contribution in [0.2, 0.25) is 0 Å². The molecule has 2 N–H and O–H groups in total. The second kappa shape index (κ2) is 6.05. The van der Waals surface area contributed by atoms with Crippen molar-refractivity contribution in [3.8, 4) is 0 Å². The second-order valence-electron chi connectivity index (χ2n) is 6.96. The molecule has 0 aliphatic carbocycles. The molecule has 1 amide bonds. The number of carbonyl (C=O) groups excluding carboxylic acids is 1. The second-order valence-corrected chi connectivity index (χ2v) is 6.96. The molecule has 4 rings (SSSR count). The molecule has 1 aromatic heterocycles. The van der Waals surface area contributed by atoms with Gasteiger partial charge in [-0.1, -0.05) is 12.1 Å². The quantitative estimate of drug-likeness (QED) is 0.863. The highest BCUT2D eigenvalue weighted by Crippen LogP contribution is 2.28. The van der Waals surface area contributed by atoms with E-state index in [-0.39, 0.29) is 30.8 Å². The smallest absolute Gasteiger partial charge is 0.252 e. The Hall–Kier alpha value is -2.02. The number of amides is 1. The van der Waals surface area contributed by atoms with E-state index in [1.807, 2.05) is 39.0 Å². The number of carbonyl (C=O) groups is 1. The zero-order valence-corrected chi connectivity index (χ0v) is 14.6. The Bertz CT molecular complexity index is 851. The summed E-state index contributed by atoms with van der Waals surface area (Å²) in [5.74, 6) is -0.169. The van der Waals surface area contributed by atoms with E-state index in [1.54, 1.807) is 0 Å². The highest BCUT2D eigenvalue weighted by Gasteiger charge is 2.47. The number of benzene rings is 1. The van der Waals surface area contributed by atoms with Crippen LogP contribution in [-0.4, -0.2) is 53.6 Å². The number of aryl methyl sites for hydroxylation is 3. The maximum Gasteiger partial charge on any atom is 0.252 e. The van der Waals surface area contributed by atoms with Crippen molar-refractivity contribution in [1.29, 1.82) is 0 Å². The standard InChI is InChI=1S/C19H22N2O4/c1-9-4-5-12-13(6-10(2)20-16(12)11(9)3)19(23)21-14-7-24-18-15(22)8-25-17(14)18/h4-6,14-15,17-18,22H,7-8H2,1-3H3,(H,21,23)/t14-,15+,17+,18+/m0/s1. The summed E-state index contributed by atoms with van der Waals surface area (Å²) in [6, 6.07) is 5.51. The van der Waals surface area contributed by atoms with Gasteiger partial charge in [0.25, 0.3) is 5.91 Å². The molecule has 0 unspecified atom stereocenters. The average molecular weight is 342 g/mol. The lowest BCUT2D eigenvalue weighted by Crippen LogP contribution is -2.44. The van der Waals surface area contributed by atoms with Gasteiger partial charge in [-0.25, -0.2) is 0 Å². The Labute approximate surface area is 146 Å². The number of nitrogens with one attached hydrogen (secondary N) is 1. The van der Waals surface area contributed by atoms with Crippen LogP contribution in [0.1, 0.15) is 27.2 Å². The van der Waals surface area contributed by atoms with E-state index >= 15 is 0 Å². The summed E-state index contributed by atoms with van der Waals surface area (Å²) in [5, 5.41) is 13.7. The lowest BCUT2D eigenvalue weighted by atomic mass is 10.00. The van der Waals surface area contributed by atoms with Crippen LogP contribution in [0.3, 0.4) is 0 Å². The normalized spacial score (nSPS) is 28.3. The van der Waals surface area contributed by atoms with Gasteiger partial charge in [0.15, 0.2) is 0 Å². The number of aliphatic hydroxyl groups is 1. The van der Waals surface area contributed by atoms with Gasteiger partial charge in [-0.05, 0) is 38.0 Å². The molecular formula is C19H22N2O4. The highest BCUT2D eigenvalue weighted by atomic mass is 16.6. The molecule has 25 heavy (non-hydrogen) atoms. The van der Waals surface area contributed by atoms with E-state index in [1.165, 1.54) is 0 Å². The minimum Gasteiger partial charge on any atom is -0.388 e. The number of pyridine rings is 1. The fourth-order valence-corrected chi connectivity index (χ4v) is 3.69. The number of aromatic nitrogens is 1. The first-order chi connectivity index (χ1) is 12.0. The van der Waals surface area contributed by atoms with Gasteiger partial charge < -0.3 is 19.9 Å². The molecular weight excluding hydrogens is 320 g/mol. The van der Waals surface area contributed by atoms with Crippen molar-refractivity contribution < 1.29 is 19.4 Å². The third-order valence-electron chi connectivity index (χ3n) is 5.22. The van der Waals surface area contributed by atoms with Crippen LogP contribution in [0.15, 0.2) is 18.2 Å². The van der Waals surface area contributed by atoms with Crippen LogP contribution in [-0.2, 0) is 9.47 Å². The van der Waals surface area contributed by atoms with Crippen LogP contribution < -0.4 is 5.32 Å². The lowest BCUT2D eigenvalue weighted by molar-refractivity contribution is 0.0178. The predicted octanol–water partition coefficient (Wildman–Crippen LogP) is 1.42. The van der Waals surface area contributed by atoms with Crippen LogP contribution in [0.5, 0.6) is 0 Å². The molecule has 0 bridgehead atoms. The van der Waals surface area contributed by atoms with Crippen LogP contribution in [0.4, 0.5) is 0 Å². The Kier molecular flexibility index (Phi) is 3.98. The van der Waals surface area contributed by atoms with Crippen molar-refractivity contribution >= 4 is 16.8 Å². The summed E-state index contributed by atoms with van der Waals surface area (Å²) < 4.78 is 11.2. The van der Waals surface area contributed by atoms with Crippen LogP contribution in [0, 0.1) is 20.8 Å². The number of ether oxygens (including phenoxy) is 2. The van der Waals surface area contributed by atoms with Crippen LogP contribution >= 0.6 is 0 Å². The largest absolute Gasteiger partial charge is 0.388 e. The lowest BCUT2D eigenvalue weighted by Gasteiger charge is -2.18. The highest BCUT2D eigenvalue weighted by molar-refractivity contribution is 6.07. The maximum atomic E-state index is 12.9. The van der Waals surface area contributed by atoms with Gasteiger partial charge in [-0.2, -0.15) is 0 Å². The Morgan fingerprint density at radius 3 is 2.76 bits per heavy atom. The number of hydrogen-bond acceptors (Lipinski definition) is 5. The third kappa shape index (κ3) is 2.70. The number of fused-ring (bicyclic) bond motifs is 2. The molecule has 0 radical (unpaired) electrons. The van der Waals surface area contributed by atoms with Crippen molar-refractivity contribution in [1.82, 2.24) is 10.3 Å². The molecule has 2 aliphatic heterocycles. The molecule has 2 aromatic rings. The Morgan fingerprint density at radius 1 is 1.20 bits per heavy atom. The fourth-order valence-electron chi connectivity index (χ4n) is 3.69. The van der Waals surface area contributed by atoms with Gasteiger partial charge in [0, 0.05) is 11.1 Å². The molecule has 1 aromatic carbocycles. The topological polar surface area (TPSA) is 80.7 Å². The molecule has 0 saturated carbocycles. The molecule has 3 heterocycles. The molecule has 2 saturated heterocycles. The van der Waals surface area contributed by atoms with E-state index in [0.717, 1.165) is 27.7 Å². The summed E-state index contributed by atoms with van der Waals surface area (Å²) in [5.41, 5.74) is 4.50. The van der Waals surface area contributed by atoms with Gasteiger partial charge in [0.2, 0.25) is 0 Å². The molecule has 2 fully saturated rings. The first kappa shape index (κ1) is 16.4. The Balaban J connectivity index is 1.66. The zero-order chi connectivity index (χ0) is 17.7. The summed E-state index contributed by atoms with van der Waals surface area (Å²) in [6.45, 7) is 6.55. The number of nitrogens with zero attached hydrogens (tertiary/aromatic N) is 1. The summed E-state index contributed by atoms with van der Waals surface area (Å²) >= 11 is 0. The zero-order valence-electron chi connectivity index (χ0n) is 14.6. The van der Waals surface area contributed by atoms with E-state index in [0.29, 0.717) is 12.2 Å². The van der Waals surface area contributed by atoms with Gasteiger partial charge in [-0.3, -0.25) is 9.78 Å². The van der Waals surface area contributed by atoms with Gasteiger partial charge in [-0.15, -0.1) is 0 Å². The van der Waals surface area contributed by atoms with E-state index in [2.05, 4.69) is 10.3 Å². The van der Waals surface area contributed by atoms with Gasteiger partial charge in [0.1, 0.15) is 18.3 Å². The maximum absolute atomic E-state index is 12.9. The summed E-state index contributed by atoms with van der Waals surface area (Å²) in [6.07, 6.45) is -1.27. The molecule has 2 aliphatic rings. The summed E-state index contributed by atoms with van der Waals surface area (Å²) in [7, 11) is 0. The minimum atomic E-state index is -0.624. The predicted molar refractivity (Wildman–Crippen MR) is 92.7 cm³/mol. The van der Waals surface area contributed by atoms with Crippen molar-refractivity contribution in [2.24, 2.45) is 0 Å². The first-order valence-electron chi connectivity index (χ1n) is 8.55. The Morgan fingerprint density at radius 2 is 1.96 bits per heavy atom. The molecule has 6 heteroatoms. The third-order valence-corrected chi connectivity index (χ3v) is 5.22. The van der Waals surface area contributed by atoms with Crippen LogP contribution in [0.25, 0.3) is 10.9 Å². The number of aliphatic hydroxyl groups excluding tert-OH is 1. The average Bonchev–Trinajstić information content (AvgIpc) is 3.14. The van der Waals surface area contributed by atoms with Crippen molar-refractivity contribution in [3.05, 3.63) is 40.6 Å². The van der Waals surface area contributed by atoms with Crippen molar-refractivity contribution in [2.45, 2.75) is 45.1 Å². The molecule has 6 nitrogen and oxygen atoms in total. The number of rotatable bonds is 2. The van der Waals surface area contributed by atoms with Crippen molar-refractivity contribution in [3.63, 3.8) is 0 Å². The van der Waals surface area contributed by atoms with Gasteiger partial charge in [0.05, 0.1) is 30.3 Å². The SMILES string of the molecule is Cc1cc(C(=O)N[C@H]2CO[C@H]3[C@@H]2OC[C@H]3O)c2ccc(C)c(C)c2n1.